The molecule has 0 bridgehead atoms. The maximum Gasteiger partial charge on any atom is 0.316 e. The summed E-state index contributed by atoms with van der Waals surface area (Å²) in [6, 6.07) is 0. The Hall–Kier alpha value is -0.763. The van der Waals surface area contributed by atoms with Crippen LogP contribution >= 0.6 is 0 Å². The van der Waals surface area contributed by atoms with Crippen molar-refractivity contribution in [3.63, 3.8) is 0 Å². The predicted molar refractivity (Wildman–Crippen MR) is 121 cm³/mol. The fourth-order valence-corrected chi connectivity index (χ4v) is 6.57. The van der Waals surface area contributed by atoms with Crippen LogP contribution in [0.3, 0.4) is 0 Å². The maximum absolute atomic E-state index is 13.6. The molecule has 0 N–H and O–H groups in total. The van der Waals surface area contributed by atoms with Crippen molar-refractivity contribution < 1.29 is 28.2 Å². The van der Waals surface area contributed by atoms with Crippen molar-refractivity contribution in [3.8, 4) is 0 Å². The van der Waals surface area contributed by atoms with E-state index in [0.29, 0.717) is 0 Å². The highest BCUT2D eigenvalue weighted by atomic mass is 28.4. The molecule has 6 atom stereocenters. The Balaban J connectivity index is 2.04. The number of esters is 1. The van der Waals surface area contributed by atoms with Gasteiger partial charge in [-0.2, -0.15) is 0 Å². The van der Waals surface area contributed by atoms with Gasteiger partial charge in [0.05, 0.1) is 6.10 Å². The number of carbonyl (C=O) groups is 2. The first-order valence-electron chi connectivity index (χ1n) is 11.9. The first kappa shape index (κ1) is 24.9. The van der Waals surface area contributed by atoms with Gasteiger partial charge in [0.25, 0.3) is 0 Å². The van der Waals surface area contributed by atoms with Gasteiger partial charge in [0.15, 0.2) is 25.5 Å². The molecule has 178 valence electrons. The molecular weight excluding hydrogens is 412 g/mol. The summed E-state index contributed by atoms with van der Waals surface area (Å²) in [4.78, 5) is 26.4. The second kappa shape index (κ2) is 8.23. The second-order valence-electron chi connectivity index (χ2n) is 11.6. The standard InChI is InChI=1S/C24H42O6Si/c1-15-18(29-31(8,9)22(4,5)6)17(3)27-21(26)16(2)19(25)23(7)20(15)28-24(30-23)13-11-10-12-14-24/h15-18,20H,10-14H2,1-9H3/t15-,16+,17+,18-,20+,23+/m0/s1. The number of ketones is 1. The minimum absolute atomic E-state index is 0.00107. The Bertz CT molecular complexity index is 707. The topological polar surface area (TPSA) is 71.1 Å². The zero-order valence-corrected chi connectivity index (χ0v) is 21.9. The molecule has 0 aromatic rings. The van der Waals surface area contributed by atoms with Crippen molar-refractivity contribution >= 4 is 20.1 Å². The second-order valence-corrected chi connectivity index (χ2v) is 16.4. The van der Waals surface area contributed by atoms with E-state index >= 15 is 0 Å². The first-order chi connectivity index (χ1) is 14.1. The van der Waals surface area contributed by atoms with Crippen LogP contribution < -0.4 is 0 Å². The summed E-state index contributed by atoms with van der Waals surface area (Å²) in [5.41, 5.74) is -1.20. The molecule has 2 saturated heterocycles. The number of fused-ring (bicyclic) bond motifs is 1. The van der Waals surface area contributed by atoms with E-state index in [4.69, 9.17) is 18.6 Å². The van der Waals surface area contributed by atoms with Crippen LogP contribution in [0.2, 0.25) is 18.1 Å². The Labute approximate surface area is 188 Å². The summed E-state index contributed by atoms with van der Waals surface area (Å²) in [7, 11) is -2.18. The van der Waals surface area contributed by atoms with Gasteiger partial charge in [-0.1, -0.05) is 34.1 Å². The monoisotopic (exact) mass is 454 g/mol. The van der Waals surface area contributed by atoms with E-state index in [9.17, 15) is 9.59 Å². The van der Waals surface area contributed by atoms with Crippen LogP contribution in [0.4, 0.5) is 0 Å². The van der Waals surface area contributed by atoms with Crippen LogP contribution in [0.15, 0.2) is 0 Å². The molecule has 2 heterocycles. The number of hydrogen-bond acceptors (Lipinski definition) is 6. The summed E-state index contributed by atoms with van der Waals surface area (Å²) >= 11 is 0. The summed E-state index contributed by atoms with van der Waals surface area (Å²) in [5, 5.41) is -0.00107. The molecule has 7 heteroatoms. The lowest BCUT2D eigenvalue weighted by Crippen LogP contribution is -2.55. The van der Waals surface area contributed by atoms with Gasteiger partial charge in [-0.15, -0.1) is 0 Å². The Kier molecular flexibility index (Phi) is 6.60. The Morgan fingerprint density at radius 3 is 2.16 bits per heavy atom. The molecule has 0 unspecified atom stereocenters. The van der Waals surface area contributed by atoms with Gasteiger partial charge in [0.1, 0.15) is 18.1 Å². The lowest BCUT2D eigenvalue weighted by molar-refractivity contribution is -0.211. The summed E-state index contributed by atoms with van der Waals surface area (Å²) in [5.74, 6) is -2.59. The number of cyclic esters (lactones) is 1. The van der Waals surface area contributed by atoms with E-state index in [-0.39, 0.29) is 22.8 Å². The van der Waals surface area contributed by atoms with Crippen LogP contribution in [-0.2, 0) is 28.2 Å². The highest BCUT2D eigenvalue weighted by Crippen LogP contribution is 2.50. The van der Waals surface area contributed by atoms with Crippen LogP contribution in [0, 0.1) is 11.8 Å². The normalized spacial score (nSPS) is 39.5. The zero-order chi connectivity index (χ0) is 23.4. The lowest BCUT2D eigenvalue weighted by Gasteiger charge is -2.44. The molecule has 1 spiro atoms. The van der Waals surface area contributed by atoms with E-state index < -0.39 is 43.8 Å². The zero-order valence-electron chi connectivity index (χ0n) is 20.9. The third-order valence-corrected chi connectivity index (χ3v) is 12.6. The van der Waals surface area contributed by atoms with Gasteiger partial charge in [-0.25, -0.2) is 0 Å². The fourth-order valence-electron chi connectivity index (χ4n) is 5.13. The Morgan fingerprint density at radius 2 is 1.61 bits per heavy atom. The number of hydrogen-bond donors (Lipinski definition) is 0. The lowest BCUT2D eigenvalue weighted by atomic mass is 9.79. The molecule has 31 heavy (non-hydrogen) atoms. The largest absolute Gasteiger partial charge is 0.459 e. The summed E-state index contributed by atoms with van der Waals surface area (Å²) in [6.07, 6.45) is 3.38. The number of ether oxygens (including phenoxy) is 3. The van der Waals surface area contributed by atoms with Crippen molar-refractivity contribution in [1.29, 1.82) is 0 Å². The minimum atomic E-state index is -2.18. The summed E-state index contributed by atoms with van der Waals surface area (Å²) < 4.78 is 25.8. The number of Topliss-reactive ketones (excluding diaryl/α,β-unsaturated/α-hetero) is 1. The van der Waals surface area contributed by atoms with Crippen molar-refractivity contribution in [2.24, 2.45) is 11.8 Å². The summed E-state index contributed by atoms with van der Waals surface area (Å²) in [6.45, 7) is 18.3. The van der Waals surface area contributed by atoms with Gasteiger partial charge in [0, 0.05) is 18.8 Å². The average molecular weight is 455 g/mol. The van der Waals surface area contributed by atoms with Crippen LogP contribution in [0.1, 0.15) is 80.6 Å². The van der Waals surface area contributed by atoms with Crippen LogP contribution in [0.25, 0.3) is 0 Å². The minimum Gasteiger partial charge on any atom is -0.459 e. The molecule has 0 aromatic heterocycles. The molecular formula is C24H42O6Si. The van der Waals surface area contributed by atoms with Crippen molar-refractivity contribution in [2.75, 3.05) is 0 Å². The van der Waals surface area contributed by atoms with Crippen molar-refractivity contribution in [1.82, 2.24) is 0 Å². The fraction of sp³-hybridized carbons (Fsp3) is 0.917. The average Bonchev–Trinajstić information content (AvgIpc) is 2.96. The van der Waals surface area contributed by atoms with Crippen LogP contribution in [-0.4, -0.2) is 49.8 Å². The first-order valence-corrected chi connectivity index (χ1v) is 14.8. The van der Waals surface area contributed by atoms with Gasteiger partial charge in [-0.05, 0) is 51.7 Å². The number of rotatable bonds is 2. The molecule has 1 saturated carbocycles. The van der Waals surface area contributed by atoms with E-state index in [1.807, 2.05) is 13.8 Å². The SMILES string of the molecule is C[C@H]1C(=O)O[C@H](C)[C@@H](O[Si](C)(C)C(C)(C)C)[C@H](C)[C@H]2OC3(CCCCC3)O[C@]2(C)C1=O. The predicted octanol–water partition coefficient (Wildman–Crippen LogP) is 5.00. The van der Waals surface area contributed by atoms with E-state index in [2.05, 4.69) is 40.8 Å². The maximum atomic E-state index is 13.6. The molecule has 0 amide bonds. The number of carbonyl (C=O) groups excluding carboxylic acids is 2. The van der Waals surface area contributed by atoms with E-state index in [1.165, 1.54) is 0 Å². The molecule has 6 nitrogen and oxygen atoms in total. The Morgan fingerprint density at radius 1 is 1.03 bits per heavy atom. The van der Waals surface area contributed by atoms with Crippen molar-refractivity contribution in [2.45, 2.75) is 128 Å². The van der Waals surface area contributed by atoms with E-state index in [1.54, 1.807) is 6.92 Å². The molecule has 3 aliphatic rings. The van der Waals surface area contributed by atoms with Gasteiger partial charge in [0.2, 0.25) is 0 Å². The molecule has 2 aliphatic heterocycles. The molecule has 1 aliphatic carbocycles. The highest BCUT2D eigenvalue weighted by Gasteiger charge is 2.63. The molecule has 0 aromatic carbocycles. The molecule has 3 fully saturated rings. The van der Waals surface area contributed by atoms with E-state index in [0.717, 1.165) is 32.1 Å². The smallest absolute Gasteiger partial charge is 0.316 e. The van der Waals surface area contributed by atoms with Gasteiger partial charge in [-0.3, -0.25) is 9.59 Å². The molecule has 3 rings (SSSR count). The van der Waals surface area contributed by atoms with Gasteiger partial charge < -0.3 is 18.6 Å². The third kappa shape index (κ3) is 4.40. The van der Waals surface area contributed by atoms with Crippen LogP contribution in [0.5, 0.6) is 0 Å². The third-order valence-electron chi connectivity index (χ3n) is 8.13. The molecule has 0 radical (unpaired) electrons. The van der Waals surface area contributed by atoms with Crippen molar-refractivity contribution in [3.05, 3.63) is 0 Å². The van der Waals surface area contributed by atoms with Gasteiger partial charge >= 0.3 is 5.97 Å². The quantitative estimate of drug-likeness (QED) is 0.332. The highest BCUT2D eigenvalue weighted by molar-refractivity contribution is 6.74.